The molecule has 66 heavy (non-hydrogen) atoms. The number of para-hydroxylation sites is 1. The summed E-state index contributed by atoms with van der Waals surface area (Å²) >= 11 is 0. The molecule has 0 atom stereocenters. The summed E-state index contributed by atoms with van der Waals surface area (Å²) in [4.78, 5) is 2.57. The van der Waals surface area contributed by atoms with Crippen molar-refractivity contribution in [1.82, 2.24) is 0 Å². The highest BCUT2D eigenvalue weighted by Gasteiger charge is 2.61. The lowest BCUT2D eigenvalue weighted by Gasteiger charge is -2.61. The van der Waals surface area contributed by atoms with Crippen LogP contribution in [0.25, 0.3) is 55.6 Å². The number of anilines is 3. The van der Waals surface area contributed by atoms with Crippen molar-refractivity contribution in [3.63, 3.8) is 0 Å². The molecule has 0 N–H and O–H groups in total. The summed E-state index contributed by atoms with van der Waals surface area (Å²) in [6, 6.07) is 69.9. The molecule has 1 heteroatoms. The molecule has 8 aromatic carbocycles. The molecular weight excluding hydrogens is 795 g/mol. The first-order valence-electron chi connectivity index (χ1n) is 24.8. The van der Waals surface area contributed by atoms with Crippen molar-refractivity contribution in [1.29, 1.82) is 0 Å². The van der Waals surface area contributed by atoms with Crippen molar-refractivity contribution in [2.75, 3.05) is 4.90 Å². The van der Waals surface area contributed by atoms with Crippen LogP contribution in [-0.4, -0.2) is 0 Å². The zero-order valence-corrected chi connectivity index (χ0v) is 39.1. The smallest absolute Gasteiger partial charge is 0.0540 e. The van der Waals surface area contributed by atoms with Gasteiger partial charge < -0.3 is 4.90 Å². The van der Waals surface area contributed by atoms with Gasteiger partial charge in [0.05, 0.1) is 5.69 Å². The Morgan fingerprint density at radius 3 is 1.56 bits per heavy atom. The van der Waals surface area contributed by atoms with Gasteiger partial charge in [0, 0.05) is 27.8 Å². The van der Waals surface area contributed by atoms with Gasteiger partial charge in [0.15, 0.2) is 0 Å². The number of hydrogen-bond acceptors (Lipinski definition) is 1. The Labute approximate surface area is 392 Å². The highest BCUT2D eigenvalue weighted by Crippen LogP contribution is 2.69. The fraction of sp³-hybridized carbons (Fsp3) is 0.262. The summed E-state index contributed by atoms with van der Waals surface area (Å²) in [6.45, 7) is 11.7. The standard InChI is InChI=1S/C65H59N/c1-63(2,3)45-29-25-44(26-30-45)51-16-10-13-24-61(51)66(49-33-34-55-53-18-9-12-23-59(53)65(60(55)40-49)46-36-41-35-42(38-46)39-47(65)37-41)48-31-27-43(28-32-48)50-15-6-7-17-52(50)56-20-14-21-57-54-19-8-11-22-58(54)64(4,5)62(56)57/h6-34,40-42,46-47H,35-39H2,1-5H3. The van der Waals surface area contributed by atoms with E-state index < -0.39 is 0 Å². The van der Waals surface area contributed by atoms with E-state index in [2.05, 4.69) is 222 Å². The molecule has 1 nitrogen and oxygen atoms in total. The van der Waals surface area contributed by atoms with Crippen molar-refractivity contribution in [3.05, 3.63) is 210 Å². The van der Waals surface area contributed by atoms with Crippen LogP contribution < -0.4 is 4.90 Å². The SMILES string of the molecule is CC(C)(C)c1ccc(-c2ccccc2N(c2ccc(-c3ccccc3-c3cccc4c3C(C)(C)c3ccccc3-4)cc2)c2ccc3c(c2)C2(c4ccccc4-3)C3CC4CC(C3)CC2C4)cc1. The monoisotopic (exact) mass is 853 g/mol. The predicted molar refractivity (Wildman–Crippen MR) is 277 cm³/mol. The first kappa shape index (κ1) is 39.9. The summed E-state index contributed by atoms with van der Waals surface area (Å²) in [5.41, 5.74) is 24.2. The number of nitrogens with zero attached hydrogens (tertiary/aromatic N) is 1. The third kappa shape index (κ3) is 5.78. The van der Waals surface area contributed by atoms with Gasteiger partial charge in [-0.3, -0.25) is 0 Å². The molecular formula is C65H59N. The average Bonchev–Trinajstić information content (AvgIpc) is 3.76. The van der Waals surface area contributed by atoms with Gasteiger partial charge in [0.2, 0.25) is 0 Å². The summed E-state index contributed by atoms with van der Waals surface area (Å²) < 4.78 is 0. The first-order chi connectivity index (χ1) is 32.1. The van der Waals surface area contributed by atoms with Gasteiger partial charge in [-0.1, -0.05) is 186 Å². The Bertz CT molecular complexity index is 3180. The molecule has 0 amide bonds. The van der Waals surface area contributed by atoms with Crippen LogP contribution in [0, 0.1) is 23.7 Å². The predicted octanol–water partition coefficient (Wildman–Crippen LogP) is 17.5. The fourth-order valence-electron chi connectivity index (χ4n) is 14.6. The fourth-order valence-corrected chi connectivity index (χ4v) is 14.6. The number of hydrogen-bond donors (Lipinski definition) is 0. The Morgan fingerprint density at radius 1 is 0.409 bits per heavy atom. The van der Waals surface area contributed by atoms with Crippen molar-refractivity contribution in [2.24, 2.45) is 23.7 Å². The minimum Gasteiger partial charge on any atom is -0.310 e. The molecule has 324 valence electrons. The lowest BCUT2D eigenvalue weighted by atomic mass is 9.43. The number of rotatable bonds is 6. The molecule has 4 bridgehead atoms. The minimum atomic E-state index is -0.104. The Hall–Kier alpha value is -6.44. The Morgan fingerprint density at radius 2 is 0.894 bits per heavy atom. The number of benzene rings is 8. The van der Waals surface area contributed by atoms with Crippen molar-refractivity contribution < 1.29 is 0 Å². The molecule has 0 aromatic heterocycles. The molecule has 0 aliphatic heterocycles. The van der Waals surface area contributed by atoms with Crippen molar-refractivity contribution in [3.8, 4) is 55.6 Å². The van der Waals surface area contributed by atoms with Crippen molar-refractivity contribution in [2.45, 2.75) is 83.0 Å². The first-order valence-corrected chi connectivity index (χ1v) is 24.8. The number of fused-ring (bicyclic) bond motifs is 6. The molecule has 4 saturated carbocycles. The zero-order chi connectivity index (χ0) is 44.5. The van der Waals surface area contributed by atoms with Crippen LogP contribution in [-0.2, 0) is 16.2 Å². The van der Waals surface area contributed by atoms with Gasteiger partial charge in [-0.05, 0) is 169 Å². The lowest BCUT2D eigenvalue weighted by Crippen LogP contribution is -2.55. The Kier molecular flexibility index (Phi) is 8.78. The summed E-state index contributed by atoms with van der Waals surface area (Å²) in [5.74, 6) is 3.22. The maximum absolute atomic E-state index is 2.65. The highest BCUT2D eigenvalue weighted by molar-refractivity contribution is 5.95. The molecule has 6 aliphatic rings. The van der Waals surface area contributed by atoms with E-state index >= 15 is 0 Å². The van der Waals surface area contributed by atoms with Crippen LogP contribution in [0.4, 0.5) is 17.1 Å². The van der Waals surface area contributed by atoms with Gasteiger partial charge in [-0.25, -0.2) is 0 Å². The topological polar surface area (TPSA) is 3.24 Å². The van der Waals surface area contributed by atoms with Gasteiger partial charge in [0.25, 0.3) is 0 Å². The lowest BCUT2D eigenvalue weighted by molar-refractivity contribution is -0.0399. The van der Waals surface area contributed by atoms with Crippen LogP contribution >= 0.6 is 0 Å². The van der Waals surface area contributed by atoms with E-state index in [9.17, 15) is 0 Å². The summed E-state index contributed by atoms with van der Waals surface area (Å²) in [6.07, 6.45) is 6.96. The van der Waals surface area contributed by atoms with E-state index in [1.807, 2.05) is 0 Å². The van der Waals surface area contributed by atoms with Crippen LogP contribution in [0.2, 0.25) is 0 Å². The zero-order valence-electron chi connectivity index (χ0n) is 39.1. The maximum atomic E-state index is 2.65. The second-order valence-corrected chi connectivity index (χ2v) is 22.1. The second kappa shape index (κ2) is 14.5. The minimum absolute atomic E-state index is 0.0854. The van der Waals surface area contributed by atoms with E-state index in [0.29, 0.717) is 11.8 Å². The molecule has 1 spiro atoms. The van der Waals surface area contributed by atoms with E-state index in [4.69, 9.17) is 0 Å². The van der Waals surface area contributed by atoms with Crippen molar-refractivity contribution >= 4 is 17.1 Å². The Balaban J connectivity index is 0.966. The van der Waals surface area contributed by atoms with Crippen LogP contribution in [0.3, 0.4) is 0 Å². The maximum Gasteiger partial charge on any atom is 0.0540 e. The normalized spacial score (nSPS) is 22.5. The molecule has 14 rings (SSSR count). The molecule has 0 unspecified atom stereocenters. The second-order valence-electron chi connectivity index (χ2n) is 22.1. The largest absolute Gasteiger partial charge is 0.310 e. The van der Waals surface area contributed by atoms with E-state index in [0.717, 1.165) is 11.8 Å². The van der Waals surface area contributed by atoms with Gasteiger partial charge in [-0.15, -0.1) is 0 Å². The summed E-state index contributed by atoms with van der Waals surface area (Å²) in [7, 11) is 0. The van der Waals surface area contributed by atoms with E-state index in [-0.39, 0.29) is 16.2 Å². The van der Waals surface area contributed by atoms with Crippen LogP contribution in [0.5, 0.6) is 0 Å². The molecule has 0 radical (unpaired) electrons. The quantitative estimate of drug-likeness (QED) is 0.161. The molecule has 8 aromatic rings. The van der Waals surface area contributed by atoms with E-state index in [1.54, 1.807) is 11.1 Å². The van der Waals surface area contributed by atoms with Gasteiger partial charge in [-0.2, -0.15) is 0 Å². The molecule has 0 saturated heterocycles. The molecule has 0 heterocycles. The average molecular weight is 854 g/mol. The van der Waals surface area contributed by atoms with Crippen LogP contribution in [0.1, 0.15) is 94.5 Å². The molecule has 4 fully saturated rings. The third-order valence-electron chi connectivity index (χ3n) is 17.2. The van der Waals surface area contributed by atoms with E-state index in [1.165, 1.54) is 121 Å². The van der Waals surface area contributed by atoms with Gasteiger partial charge in [0.1, 0.15) is 0 Å². The van der Waals surface area contributed by atoms with Crippen LogP contribution in [0.15, 0.2) is 182 Å². The molecule has 6 aliphatic carbocycles. The highest BCUT2D eigenvalue weighted by atomic mass is 15.1. The third-order valence-corrected chi connectivity index (χ3v) is 17.2. The van der Waals surface area contributed by atoms with Gasteiger partial charge >= 0.3 is 0 Å². The summed E-state index contributed by atoms with van der Waals surface area (Å²) in [5, 5.41) is 0.